The lowest BCUT2D eigenvalue weighted by atomic mass is 10.4. The largest absolute Gasteiger partial charge is 0.366 e. The van der Waals surface area contributed by atoms with E-state index in [0.717, 1.165) is 22.8 Å². The van der Waals surface area contributed by atoms with Crippen molar-refractivity contribution >= 4 is 26.5 Å². The summed E-state index contributed by atoms with van der Waals surface area (Å²) in [6.45, 7) is 3.64. The first-order valence-corrected chi connectivity index (χ1v) is 7.34. The van der Waals surface area contributed by atoms with Crippen molar-refractivity contribution in [3.05, 3.63) is 39.3 Å². The van der Waals surface area contributed by atoms with E-state index in [2.05, 4.69) is 14.7 Å². The monoisotopic (exact) mass is 285 g/mol. The average molecular weight is 285 g/mol. The number of sulfonamides is 1. The lowest BCUT2D eigenvalue weighted by Crippen LogP contribution is -2.20. The minimum atomic E-state index is -3.89. The van der Waals surface area contributed by atoms with Crippen LogP contribution in [0.1, 0.15) is 10.6 Å². The van der Waals surface area contributed by atoms with E-state index >= 15 is 0 Å². The molecule has 0 aliphatic heterocycles. The molecule has 0 fully saturated rings. The highest BCUT2D eigenvalue weighted by molar-refractivity contribution is 7.93. The molecule has 0 spiro atoms. The molecule has 2 aromatic rings. The third-order valence-electron chi connectivity index (χ3n) is 2.33. The van der Waals surface area contributed by atoms with Crippen LogP contribution in [0.25, 0.3) is 0 Å². The van der Waals surface area contributed by atoms with Crippen LogP contribution in [0.3, 0.4) is 0 Å². The van der Waals surface area contributed by atoms with Gasteiger partial charge in [0.2, 0.25) is 5.43 Å². The van der Waals surface area contributed by atoms with Crippen molar-refractivity contribution in [1.29, 1.82) is 0 Å². The predicted molar refractivity (Wildman–Crippen MR) is 69.5 cm³/mol. The zero-order valence-corrected chi connectivity index (χ0v) is 11.4. The Bertz CT molecular complexity index is 711. The van der Waals surface area contributed by atoms with Gasteiger partial charge in [0.25, 0.3) is 10.0 Å². The Morgan fingerprint density at radius 3 is 2.67 bits per heavy atom. The Balaban J connectivity index is 2.39. The van der Waals surface area contributed by atoms with Crippen molar-refractivity contribution < 1.29 is 8.42 Å². The minimum absolute atomic E-state index is 0.258. The number of hydrogen-bond donors (Lipinski definition) is 2. The molecule has 0 aromatic carbocycles. The van der Waals surface area contributed by atoms with Crippen LogP contribution >= 0.6 is 11.3 Å². The third-order valence-corrected chi connectivity index (χ3v) is 4.81. The summed E-state index contributed by atoms with van der Waals surface area (Å²) in [6.07, 6.45) is 2.52. The molecule has 0 bridgehead atoms. The number of aromatic nitrogens is 2. The van der Waals surface area contributed by atoms with Gasteiger partial charge >= 0.3 is 0 Å². The van der Waals surface area contributed by atoms with Gasteiger partial charge in [0.15, 0.2) is 10.0 Å². The average Bonchev–Trinajstić information content (AvgIpc) is 2.57. The lowest BCUT2D eigenvalue weighted by Gasteiger charge is -2.03. The van der Waals surface area contributed by atoms with Crippen LogP contribution in [0.2, 0.25) is 0 Å². The van der Waals surface area contributed by atoms with Crippen molar-refractivity contribution in [2.45, 2.75) is 18.7 Å². The maximum absolute atomic E-state index is 12.0. The maximum Gasteiger partial charge on any atom is 0.269 e. The van der Waals surface area contributed by atoms with E-state index in [1.807, 2.05) is 6.92 Å². The molecule has 18 heavy (non-hydrogen) atoms. The third kappa shape index (κ3) is 2.44. The van der Waals surface area contributed by atoms with E-state index in [9.17, 15) is 13.2 Å². The minimum Gasteiger partial charge on any atom is -0.366 e. The van der Waals surface area contributed by atoms with Gasteiger partial charge in [-0.2, -0.15) is 0 Å². The zero-order valence-electron chi connectivity index (χ0n) is 9.72. The van der Waals surface area contributed by atoms with Crippen LogP contribution in [0.15, 0.2) is 28.2 Å². The van der Waals surface area contributed by atoms with Gasteiger partial charge in [-0.15, -0.1) is 11.3 Å². The van der Waals surface area contributed by atoms with Crippen LogP contribution in [0, 0.1) is 13.8 Å². The number of nitrogens with one attached hydrogen (secondary N) is 2. The van der Waals surface area contributed by atoms with Gasteiger partial charge in [-0.05, 0) is 13.8 Å². The highest BCUT2D eigenvalue weighted by atomic mass is 32.2. The first-order valence-electron chi connectivity index (χ1n) is 5.04. The molecule has 0 saturated heterocycles. The Morgan fingerprint density at radius 2 is 2.11 bits per heavy atom. The molecule has 0 aliphatic rings. The number of aromatic amines is 1. The molecule has 0 amide bonds. The molecule has 2 heterocycles. The summed E-state index contributed by atoms with van der Waals surface area (Å²) in [7, 11) is -3.89. The second-order valence-corrected chi connectivity index (χ2v) is 6.49. The molecule has 8 heteroatoms. The molecule has 0 aliphatic carbocycles. The smallest absolute Gasteiger partial charge is 0.269 e. The van der Waals surface area contributed by atoms with Crippen LogP contribution < -0.4 is 10.2 Å². The summed E-state index contributed by atoms with van der Waals surface area (Å²) in [6, 6.07) is 1.16. The molecule has 6 nitrogen and oxygen atoms in total. The van der Waals surface area contributed by atoms with Gasteiger partial charge in [0, 0.05) is 23.3 Å². The fraction of sp³-hybridized carbons (Fsp3) is 0.200. The van der Waals surface area contributed by atoms with E-state index in [1.54, 1.807) is 6.92 Å². The van der Waals surface area contributed by atoms with Crippen LogP contribution in [0.5, 0.6) is 0 Å². The molecular formula is C10H11N3O3S2. The summed E-state index contributed by atoms with van der Waals surface area (Å²) >= 11 is 1.23. The quantitative estimate of drug-likeness (QED) is 0.887. The Kier molecular flexibility index (Phi) is 3.22. The summed E-state index contributed by atoms with van der Waals surface area (Å²) in [4.78, 5) is 18.7. The van der Waals surface area contributed by atoms with Gasteiger partial charge in [-0.25, -0.2) is 13.4 Å². The predicted octanol–water partition coefficient (Wildman–Crippen LogP) is 1.25. The number of hydrogen-bond acceptors (Lipinski definition) is 5. The molecular weight excluding hydrogens is 274 g/mol. The number of H-pyrrole nitrogens is 1. The zero-order chi connectivity index (χ0) is 13.3. The standard InChI is InChI=1S/C10H11N3O3S2/c1-6-7(2)17-10(12-6)13-18(15,16)9-5-11-4-3-8(9)14/h3-5H,1-2H3,(H,11,14)(H,12,13). The SMILES string of the molecule is Cc1nc(NS(=O)(=O)c2c[nH]ccc2=O)sc1C. The number of nitrogens with zero attached hydrogens (tertiary/aromatic N) is 1. The van der Waals surface area contributed by atoms with E-state index in [-0.39, 0.29) is 10.0 Å². The fourth-order valence-corrected chi connectivity index (χ4v) is 3.40. The van der Waals surface area contributed by atoms with Gasteiger partial charge in [0.1, 0.15) is 0 Å². The lowest BCUT2D eigenvalue weighted by molar-refractivity contribution is 0.600. The molecule has 0 saturated carbocycles. The van der Waals surface area contributed by atoms with Gasteiger partial charge in [-0.1, -0.05) is 0 Å². The summed E-state index contributed by atoms with van der Waals surface area (Å²) in [5.74, 6) is 0. The number of pyridine rings is 1. The number of aryl methyl sites for hydroxylation is 2. The molecule has 0 unspecified atom stereocenters. The van der Waals surface area contributed by atoms with E-state index in [4.69, 9.17) is 0 Å². The molecule has 96 valence electrons. The normalized spacial score (nSPS) is 11.4. The molecule has 2 N–H and O–H groups in total. The number of thiazole rings is 1. The van der Waals surface area contributed by atoms with Crippen molar-refractivity contribution in [3.63, 3.8) is 0 Å². The van der Waals surface area contributed by atoms with Gasteiger partial charge in [-0.3, -0.25) is 9.52 Å². The first-order chi connectivity index (χ1) is 8.40. The fourth-order valence-electron chi connectivity index (χ4n) is 1.30. The van der Waals surface area contributed by atoms with Gasteiger partial charge < -0.3 is 4.98 Å². The second-order valence-electron chi connectivity index (χ2n) is 3.64. The van der Waals surface area contributed by atoms with Crippen molar-refractivity contribution in [2.24, 2.45) is 0 Å². The Hall–Kier alpha value is -1.67. The number of anilines is 1. The molecule has 2 aromatic heterocycles. The van der Waals surface area contributed by atoms with Crippen molar-refractivity contribution in [1.82, 2.24) is 9.97 Å². The molecule has 2 rings (SSSR count). The van der Waals surface area contributed by atoms with Crippen molar-refractivity contribution in [3.8, 4) is 0 Å². The van der Waals surface area contributed by atoms with Crippen LogP contribution in [-0.4, -0.2) is 18.4 Å². The maximum atomic E-state index is 12.0. The Labute approximate surface area is 108 Å². The highest BCUT2D eigenvalue weighted by Gasteiger charge is 2.19. The number of rotatable bonds is 3. The summed E-state index contributed by atoms with van der Waals surface area (Å²) in [5.41, 5.74) is 0.200. The highest BCUT2D eigenvalue weighted by Crippen LogP contribution is 2.23. The first kappa shape index (κ1) is 12.8. The van der Waals surface area contributed by atoms with Crippen LogP contribution in [0.4, 0.5) is 5.13 Å². The van der Waals surface area contributed by atoms with Crippen molar-refractivity contribution in [2.75, 3.05) is 4.72 Å². The summed E-state index contributed by atoms with van der Waals surface area (Å²) in [5, 5.41) is 0.258. The van der Waals surface area contributed by atoms with Crippen LogP contribution in [-0.2, 0) is 10.0 Å². The topological polar surface area (TPSA) is 91.9 Å². The van der Waals surface area contributed by atoms with E-state index < -0.39 is 15.5 Å². The summed E-state index contributed by atoms with van der Waals surface area (Å²) < 4.78 is 26.3. The second kappa shape index (κ2) is 4.54. The van der Waals surface area contributed by atoms with Gasteiger partial charge in [0.05, 0.1) is 5.69 Å². The van der Waals surface area contributed by atoms with E-state index in [0.29, 0.717) is 0 Å². The Morgan fingerprint density at radius 1 is 1.39 bits per heavy atom. The molecule has 0 radical (unpaired) electrons. The van der Waals surface area contributed by atoms with E-state index in [1.165, 1.54) is 17.5 Å². The molecule has 0 atom stereocenters.